The molecule has 3 nitrogen and oxygen atoms in total. The van der Waals surface area contributed by atoms with Gasteiger partial charge in [-0.15, -0.1) is 0 Å². The number of fused-ring (bicyclic) bond motifs is 1. The number of alkyl halides is 3. The number of nitrogens with two attached hydrogens (primary N) is 1. The molecule has 1 aliphatic heterocycles. The average Bonchev–Trinajstić information content (AvgIpc) is 2.90. The van der Waals surface area contributed by atoms with Gasteiger partial charge in [-0.25, -0.2) is 4.39 Å². The fourth-order valence-corrected chi connectivity index (χ4v) is 3.94. The zero-order valence-electron chi connectivity index (χ0n) is 16.8. The van der Waals surface area contributed by atoms with E-state index >= 15 is 0 Å². The molecule has 160 valence electrons. The van der Waals surface area contributed by atoms with E-state index in [1.54, 1.807) is 24.3 Å². The molecule has 0 fully saturated rings. The second-order valence-electron chi connectivity index (χ2n) is 7.51. The number of anilines is 1. The van der Waals surface area contributed by atoms with Gasteiger partial charge in [0.2, 0.25) is 0 Å². The van der Waals surface area contributed by atoms with E-state index in [1.165, 1.54) is 12.1 Å². The van der Waals surface area contributed by atoms with E-state index in [1.807, 2.05) is 36.2 Å². The fraction of sp³-hybridized carbons (Fsp3) is 0.208. The number of hydrogen-bond donors (Lipinski definition) is 1. The maximum Gasteiger partial charge on any atom is 0.416 e. The van der Waals surface area contributed by atoms with Crippen LogP contribution in [0.1, 0.15) is 28.3 Å². The molecular formula is C24H21F4N3. The van der Waals surface area contributed by atoms with Gasteiger partial charge in [0.1, 0.15) is 5.82 Å². The number of benzodiazepines with no additional fused rings is 1. The summed E-state index contributed by atoms with van der Waals surface area (Å²) in [5.74, 6) is -0.390. The third kappa shape index (κ3) is 4.05. The van der Waals surface area contributed by atoms with Crippen LogP contribution in [0.2, 0.25) is 0 Å². The maximum absolute atomic E-state index is 14.5. The lowest BCUT2D eigenvalue weighted by Crippen LogP contribution is -2.42. The Morgan fingerprint density at radius 3 is 2.35 bits per heavy atom. The molecule has 0 saturated heterocycles. The quantitative estimate of drug-likeness (QED) is 0.584. The highest BCUT2D eigenvalue weighted by Gasteiger charge is 2.33. The molecule has 3 aromatic carbocycles. The lowest BCUT2D eigenvalue weighted by Gasteiger charge is -2.33. The smallest absolute Gasteiger partial charge is 0.367 e. The standard InChI is InChI=1S/C24H21F4N3/c1-31-20-12-5-3-10-18(20)23(17-9-2-4-11-19(17)25)30-14-21(31)22(29)15-7-6-8-16(13-15)24(26,27)28/h2-13,21-22H,14,29H2,1H3. The van der Waals surface area contributed by atoms with Gasteiger partial charge in [0.15, 0.2) is 0 Å². The normalized spacial score (nSPS) is 17.5. The predicted octanol–water partition coefficient (Wildman–Crippen LogP) is 5.20. The Kier molecular flexibility index (Phi) is 5.54. The first-order valence-corrected chi connectivity index (χ1v) is 9.81. The first-order valence-electron chi connectivity index (χ1n) is 9.81. The number of para-hydroxylation sites is 1. The van der Waals surface area contributed by atoms with Crippen LogP contribution in [0, 0.1) is 5.82 Å². The largest absolute Gasteiger partial charge is 0.416 e. The molecule has 2 N–H and O–H groups in total. The van der Waals surface area contributed by atoms with Crippen molar-refractivity contribution in [1.82, 2.24) is 0 Å². The van der Waals surface area contributed by atoms with E-state index in [-0.39, 0.29) is 12.4 Å². The van der Waals surface area contributed by atoms with Crippen molar-refractivity contribution in [3.8, 4) is 0 Å². The lowest BCUT2D eigenvalue weighted by atomic mass is 9.96. The summed E-state index contributed by atoms with van der Waals surface area (Å²) in [6, 6.07) is 17.7. The summed E-state index contributed by atoms with van der Waals surface area (Å²) in [5.41, 5.74) is 8.49. The van der Waals surface area contributed by atoms with Gasteiger partial charge in [-0.05, 0) is 35.9 Å². The van der Waals surface area contributed by atoms with E-state index in [4.69, 9.17) is 5.73 Å². The summed E-state index contributed by atoms with van der Waals surface area (Å²) in [6.45, 7) is 0.201. The van der Waals surface area contributed by atoms with Crippen LogP contribution in [0.15, 0.2) is 77.8 Å². The Bertz CT molecular complexity index is 1120. The Hall–Kier alpha value is -3.19. The molecule has 0 bridgehead atoms. The molecule has 2 atom stereocenters. The number of nitrogens with zero attached hydrogens (tertiary/aromatic N) is 2. The van der Waals surface area contributed by atoms with Gasteiger partial charge in [-0.2, -0.15) is 13.2 Å². The van der Waals surface area contributed by atoms with Crippen molar-refractivity contribution in [2.75, 3.05) is 18.5 Å². The van der Waals surface area contributed by atoms with E-state index in [0.717, 1.165) is 23.4 Å². The summed E-state index contributed by atoms with van der Waals surface area (Å²) in [5, 5.41) is 0. The van der Waals surface area contributed by atoms with Crippen LogP contribution in [0.5, 0.6) is 0 Å². The number of hydrogen-bond acceptors (Lipinski definition) is 3. The molecule has 2 unspecified atom stereocenters. The Labute approximate surface area is 177 Å². The minimum Gasteiger partial charge on any atom is -0.367 e. The van der Waals surface area contributed by atoms with Crippen molar-refractivity contribution < 1.29 is 17.6 Å². The summed E-state index contributed by atoms with van der Waals surface area (Å²) in [6.07, 6.45) is -4.45. The molecule has 7 heteroatoms. The second kappa shape index (κ2) is 8.15. The number of halogens is 4. The number of rotatable bonds is 3. The molecule has 0 spiro atoms. The monoisotopic (exact) mass is 427 g/mol. The Balaban J connectivity index is 1.77. The number of aliphatic imine (C=N–C) groups is 1. The van der Waals surface area contributed by atoms with E-state index in [2.05, 4.69) is 4.99 Å². The fourth-order valence-electron chi connectivity index (χ4n) is 3.94. The van der Waals surface area contributed by atoms with Crippen LogP contribution in [0.4, 0.5) is 23.2 Å². The Morgan fingerprint density at radius 2 is 1.65 bits per heavy atom. The van der Waals surface area contributed by atoms with Crippen molar-refractivity contribution in [2.45, 2.75) is 18.3 Å². The molecule has 4 rings (SSSR count). The highest BCUT2D eigenvalue weighted by molar-refractivity contribution is 6.16. The maximum atomic E-state index is 14.5. The van der Waals surface area contributed by atoms with Gasteiger partial charge in [0, 0.05) is 23.9 Å². The molecule has 3 aromatic rings. The van der Waals surface area contributed by atoms with Crippen molar-refractivity contribution in [3.05, 3.63) is 101 Å². The van der Waals surface area contributed by atoms with Crippen molar-refractivity contribution in [2.24, 2.45) is 10.7 Å². The summed E-state index contributed by atoms with van der Waals surface area (Å²) >= 11 is 0. The molecule has 0 amide bonds. The van der Waals surface area contributed by atoms with Gasteiger partial charge in [0.25, 0.3) is 0 Å². The van der Waals surface area contributed by atoms with Gasteiger partial charge >= 0.3 is 6.18 Å². The van der Waals surface area contributed by atoms with Gasteiger partial charge in [-0.1, -0.05) is 42.5 Å². The van der Waals surface area contributed by atoms with Crippen molar-refractivity contribution in [1.29, 1.82) is 0 Å². The zero-order chi connectivity index (χ0) is 22.2. The lowest BCUT2D eigenvalue weighted by molar-refractivity contribution is -0.137. The van der Waals surface area contributed by atoms with E-state index in [0.29, 0.717) is 16.8 Å². The number of benzene rings is 3. The third-order valence-corrected chi connectivity index (χ3v) is 5.62. The van der Waals surface area contributed by atoms with Crippen LogP contribution >= 0.6 is 0 Å². The highest BCUT2D eigenvalue weighted by atomic mass is 19.4. The van der Waals surface area contributed by atoms with Crippen LogP contribution in [0.25, 0.3) is 0 Å². The molecule has 1 aliphatic rings. The molecular weight excluding hydrogens is 406 g/mol. The van der Waals surface area contributed by atoms with Gasteiger partial charge in [-0.3, -0.25) is 4.99 Å². The first kappa shape index (κ1) is 21.1. The van der Waals surface area contributed by atoms with Crippen molar-refractivity contribution >= 4 is 11.4 Å². The Morgan fingerprint density at radius 1 is 0.968 bits per heavy atom. The number of likely N-dealkylation sites (N-methyl/N-ethyl adjacent to an activating group) is 1. The zero-order valence-corrected chi connectivity index (χ0v) is 16.8. The van der Waals surface area contributed by atoms with Crippen LogP contribution in [-0.4, -0.2) is 25.3 Å². The predicted molar refractivity (Wildman–Crippen MR) is 114 cm³/mol. The first-order chi connectivity index (χ1) is 14.8. The third-order valence-electron chi connectivity index (χ3n) is 5.62. The van der Waals surface area contributed by atoms with Crippen LogP contribution in [0.3, 0.4) is 0 Å². The van der Waals surface area contributed by atoms with E-state index in [9.17, 15) is 17.6 Å². The van der Waals surface area contributed by atoms with Crippen LogP contribution < -0.4 is 10.6 Å². The molecule has 1 heterocycles. The summed E-state index contributed by atoms with van der Waals surface area (Å²) in [7, 11) is 1.83. The average molecular weight is 427 g/mol. The topological polar surface area (TPSA) is 41.6 Å². The summed E-state index contributed by atoms with van der Waals surface area (Å²) < 4.78 is 54.1. The second-order valence-corrected chi connectivity index (χ2v) is 7.51. The molecule has 0 radical (unpaired) electrons. The molecule has 0 aromatic heterocycles. The molecule has 0 saturated carbocycles. The minimum atomic E-state index is -4.45. The van der Waals surface area contributed by atoms with Crippen LogP contribution in [-0.2, 0) is 6.18 Å². The van der Waals surface area contributed by atoms with Crippen molar-refractivity contribution in [3.63, 3.8) is 0 Å². The van der Waals surface area contributed by atoms with Gasteiger partial charge in [0.05, 0.1) is 29.9 Å². The van der Waals surface area contributed by atoms with Gasteiger partial charge < -0.3 is 10.6 Å². The molecule has 31 heavy (non-hydrogen) atoms. The minimum absolute atomic E-state index is 0.201. The molecule has 0 aliphatic carbocycles. The highest BCUT2D eigenvalue weighted by Crippen LogP contribution is 2.34. The summed E-state index contributed by atoms with van der Waals surface area (Å²) in [4.78, 5) is 6.59. The van der Waals surface area contributed by atoms with E-state index < -0.39 is 23.8 Å². The SMILES string of the molecule is CN1c2ccccc2C(c2ccccc2F)=NCC1C(N)c1cccc(C(F)(F)F)c1.